The van der Waals surface area contributed by atoms with Gasteiger partial charge in [0.05, 0.1) is 10.6 Å². The minimum Gasteiger partial charge on any atom is -0.276 e. The second-order valence-corrected chi connectivity index (χ2v) is 6.85. The fourth-order valence-electron chi connectivity index (χ4n) is 1.55. The number of hydrogen-bond acceptors (Lipinski definition) is 3. The van der Waals surface area contributed by atoms with Gasteiger partial charge in [-0.1, -0.05) is 40.9 Å². The fourth-order valence-corrected chi connectivity index (χ4v) is 3.62. The zero-order chi connectivity index (χ0) is 14.9. The van der Waals surface area contributed by atoms with E-state index in [1.807, 2.05) is 0 Å². The van der Waals surface area contributed by atoms with Gasteiger partial charge in [-0.25, -0.2) is 13.4 Å². The summed E-state index contributed by atoms with van der Waals surface area (Å²) >= 11 is 17.4. The van der Waals surface area contributed by atoms with Crippen molar-refractivity contribution in [3.63, 3.8) is 0 Å². The average Bonchev–Trinajstić information content (AvgIpc) is 2.34. The summed E-state index contributed by atoms with van der Waals surface area (Å²) in [6.07, 6.45) is 0. The van der Waals surface area contributed by atoms with Crippen molar-refractivity contribution in [3.8, 4) is 0 Å². The van der Waals surface area contributed by atoms with E-state index in [0.717, 1.165) is 0 Å². The minimum atomic E-state index is -3.80. The highest BCUT2D eigenvalue weighted by molar-refractivity contribution is 7.92. The lowest BCUT2D eigenvalue weighted by Crippen LogP contribution is -2.14. The van der Waals surface area contributed by atoms with Crippen molar-refractivity contribution < 1.29 is 8.42 Å². The van der Waals surface area contributed by atoms with Gasteiger partial charge in [0, 0.05) is 5.02 Å². The van der Waals surface area contributed by atoms with Gasteiger partial charge >= 0.3 is 0 Å². The first-order valence-electron chi connectivity index (χ1n) is 5.40. The summed E-state index contributed by atoms with van der Waals surface area (Å²) in [5.74, 6) is 0. The van der Waals surface area contributed by atoms with Crippen LogP contribution >= 0.6 is 34.8 Å². The molecule has 1 aromatic carbocycles. The second-order valence-electron chi connectivity index (χ2n) is 3.99. The number of pyridine rings is 1. The summed E-state index contributed by atoms with van der Waals surface area (Å²) in [6, 6.07) is 7.43. The molecule has 0 saturated heterocycles. The van der Waals surface area contributed by atoms with Crippen LogP contribution in [0.1, 0.15) is 5.56 Å². The lowest BCUT2D eigenvalue weighted by atomic mass is 10.3. The predicted molar refractivity (Wildman–Crippen MR) is 81.3 cm³/mol. The lowest BCUT2D eigenvalue weighted by molar-refractivity contribution is 0.601. The molecule has 0 aliphatic heterocycles. The molecular formula is C12H9Cl3N2O2S. The van der Waals surface area contributed by atoms with Crippen LogP contribution in [0.15, 0.2) is 35.2 Å². The van der Waals surface area contributed by atoms with E-state index >= 15 is 0 Å². The summed E-state index contributed by atoms with van der Waals surface area (Å²) in [6.45, 7) is 1.68. The summed E-state index contributed by atoms with van der Waals surface area (Å²) < 4.78 is 26.9. The van der Waals surface area contributed by atoms with Gasteiger partial charge < -0.3 is 0 Å². The van der Waals surface area contributed by atoms with Crippen molar-refractivity contribution in [2.45, 2.75) is 11.8 Å². The van der Waals surface area contributed by atoms with E-state index in [2.05, 4.69) is 9.71 Å². The largest absolute Gasteiger partial charge is 0.276 e. The Kier molecular flexibility index (Phi) is 4.44. The molecule has 0 spiro atoms. The number of aromatic nitrogens is 1. The second kappa shape index (κ2) is 5.77. The zero-order valence-corrected chi connectivity index (χ0v) is 13.3. The van der Waals surface area contributed by atoms with E-state index in [1.54, 1.807) is 19.1 Å². The van der Waals surface area contributed by atoms with Crippen LogP contribution in [0.3, 0.4) is 0 Å². The fraction of sp³-hybridized carbons (Fsp3) is 0.0833. The van der Waals surface area contributed by atoms with Crippen LogP contribution in [0.4, 0.5) is 5.69 Å². The molecule has 0 bridgehead atoms. The van der Waals surface area contributed by atoms with Gasteiger partial charge in [0.1, 0.15) is 5.15 Å². The molecule has 2 rings (SSSR count). The topological polar surface area (TPSA) is 59.1 Å². The zero-order valence-electron chi connectivity index (χ0n) is 10.2. The molecule has 20 heavy (non-hydrogen) atoms. The number of nitrogens with zero attached hydrogens (tertiary/aromatic N) is 1. The smallest absolute Gasteiger partial charge is 0.262 e. The van der Waals surface area contributed by atoms with E-state index < -0.39 is 10.0 Å². The van der Waals surface area contributed by atoms with Crippen molar-refractivity contribution in [3.05, 3.63) is 51.2 Å². The molecule has 0 amide bonds. The SMILES string of the molecule is Cc1cc(Cl)nc(Cl)c1NS(=O)(=O)c1cccc(Cl)c1. The van der Waals surface area contributed by atoms with E-state index in [0.29, 0.717) is 10.6 Å². The maximum Gasteiger partial charge on any atom is 0.262 e. The Morgan fingerprint density at radius 3 is 2.45 bits per heavy atom. The Hall–Kier alpha value is -1.01. The van der Waals surface area contributed by atoms with Crippen LogP contribution in [0.25, 0.3) is 0 Å². The number of rotatable bonds is 3. The molecule has 0 unspecified atom stereocenters. The molecule has 1 aromatic heterocycles. The predicted octanol–water partition coefficient (Wildman–Crippen LogP) is 4.15. The van der Waals surface area contributed by atoms with Crippen molar-refractivity contribution in [1.82, 2.24) is 4.98 Å². The number of anilines is 1. The first kappa shape index (κ1) is 15.4. The molecule has 1 N–H and O–H groups in total. The van der Waals surface area contributed by atoms with Crippen molar-refractivity contribution in [2.24, 2.45) is 0 Å². The standard InChI is InChI=1S/C12H9Cl3N2O2S/c1-7-5-10(14)16-12(15)11(7)17-20(18,19)9-4-2-3-8(13)6-9/h2-6,17H,1H3. The number of nitrogens with one attached hydrogen (secondary N) is 1. The third kappa shape index (κ3) is 3.35. The van der Waals surface area contributed by atoms with Crippen LogP contribution in [0.2, 0.25) is 15.3 Å². The van der Waals surface area contributed by atoms with E-state index in [-0.39, 0.29) is 20.9 Å². The van der Waals surface area contributed by atoms with E-state index in [1.165, 1.54) is 18.2 Å². The molecule has 1 heterocycles. The Morgan fingerprint density at radius 1 is 1.15 bits per heavy atom. The van der Waals surface area contributed by atoms with Gasteiger partial charge in [-0.3, -0.25) is 4.72 Å². The molecule has 106 valence electrons. The van der Waals surface area contributed by atoms with Crippen molar-refractivity contribution >= 4 is 50.5 Å². The third-order valence-corrected chi connectivity index (χ3v) is 4.53. The van der Waals surface area contributed by atoms with Crippen molar-refractivity contribution in [1.29, 1.82) is 0 Å². The van der Waals surface area contributed by atoms with Gasteiger partial charge in [0.2, 0.25) is 0 Å². The van der Waals surface area contributed by atoms with Gasteiger partial charge in [-0.15, -0.1) is 0 Å². The Bertz CT molecular complexity index is 740. The number of hydrogen-bond donors (Lipinski definition) is 1. The molecule has 4 nitrogen and oxygen atoms in total. The quantitative estimate of drug-likeness (QED) is 0.845. The van der Waals surface area contributed by atoms with Crippen LogP contribution < -0.4 is 4.72 Å². The highest BCUT2D eigenvalue weighted by atomic mass is 35.5. The minimum absolute atomic E-state index is 0.0133. The molecular weight excluding hydrogens is 343 g/mol. The number of sulfonamides is 1. The van der Waals surface area contributed by atoms with Crippen LogP contribution in [-0.2, 0) is 10.0 Å². The van der Waals surface area contributed by atoms with Crippen molar-refractivity contribution in [2.75, 3.05) is 4.72 Å². The van der Waals surface area contributed by atoms with Gasteiger partial charge in [-0.05, 0) is 36.8 Å². The van der Waals surface area contributed by atoms with Crippen LogP contribution in [0, 0.1) is 6.92 Å². The number of aryl methyl sites for hydroxylation is 1. The van der Waals surface area contributed by atoms with E-state index in [4.69, 9.17) is 34.8 Å². The normalized spacial score (nSPS) is 11.4. The Labute approximate surface area is 131 Å². The molecule has 0 fully saturated rings. The van der Waals surface area contributed by atoms with E-state index in [9.17, 15) is 8.42 Å². The maximum absolute atomic E-state index is 12.3. The van der Waals surface area contributed by atoms with Crippen LogP contribution in [-0.4, -0.2) is 13.4 Å². The van der Waals surface area contributed by atoms with Crippen LogP contribution in [0.5, 0.6) is 0 Å². The molecule has 0 radical (unpaired) electrons. The molecule has 2 aromatic rings. The molecule has 0 aliphatic rings. The average molecular weight is 352 g/mol. The first-order chi connectivity index (χ1) is 9.29. The van der Waals surface area contributed by atoms with Gasteiger partial charge in [0.25, 0.3) is 10.0 Å². The van der Waals surface area contributed by atoms with Gasteiger partial charge in [-0.2, -0.15) is 0 Å². The highest BCUT2D eigenvalue weighted by Crippen LogP contribution is 2.29. The maximum atomic E-state index is 12.3. The molecule has 0 saturated carbocycles. The monoisotopic (exact) mass is 350 g/mol. The summed E-state index contributed by atoms with van der Waals surface area (Å²) in [4.78, 5) is 3.85. The highest BCUT2D eigenvalue weighted by Gasteiger charge is 2.18. The molecule has 0 aliphatic carbocycles. The molecule has 0 atom stereocenters. The third-order valence-electron chi connectivity index (χ3n) is 2.48. The van der Waals surface area contributed by atoms with Gasteiger partial charge in [0.15, 0.2) is 5.15 Å². The number of benzene rings is 1. The summed E-state index contributed by atoms with van der Waals surface area (Å²) in [7, 11) is -3.80. The number of halogens is 3. The summed E-state index contributed by atoms with van der Waals surface area (Å²) in [5, 5.41) is 0.503. The summed E-state index contributed by atoms with van der Waals surface area (Å²) in [5.41, 5.74) is 0.761. The first-order valence-corrected chi connectivity index (χ1v) is 8.02. The lowest BCUT2D eigenvalue weighted by Gasteiger charge is -2.12. The Morgan fingerprint density at radius 2 is 1.85 bits per heavy atom. The Balaban J connectivity index is 2.44. The molecule has 8 heteroatoms.